The van der Waals surface area contributed by atoms with Crippen LogP contribution in [0.25, 0.3) is 0 Å². The molecule has 0 aromatic heterocycles. The first-order chi connectivity index (χ1) is 9.93. The highest BCUT2D eigenvalue weighted by Crippen LogP contribution is 2.28. The monoisotopic (exact) mass is 309 g/mol. The summed E-state index contributed by atoms with van der Waals surface area (Å²) in [6.45, 7) is 4.26. The van der Waals surface area contributed by atoms with Crippen LogP contribution >= 0.6 is 11.6 Å². The normalized spacial score (nSPS) is 14.0. The molecule has 0 aliphatic heterocycles. The molecule has 0 amide bonds. The van der Waals surface area contributed by atoms with Gasteiger partial charge in [-0.25, -0.2) is 8.78 Å². The van der Waals surface area contributed by atoms with Crippen molar-refractivity contribution in [3.8, 4) is 0 Å². The van der Waals surface area contributed by atoms with Gasteiger partial charge < -0.3 is 5.73 Å². The minimum absolute atomic E-state index is 0.105. The van der Waals surface area contributed by atoms with Crippen LogP contribution in [-0.2, 0) is 0 Å². The maximum absolute atomic E-state index is 13.9. The predicted molar refractivity (Wildman–Crippen MR) is 82.5 cm³/mol. The molecule has 2 rings (SSSR count). The van der Waals surface area contributed by atoms with Crippen molar-refractivity contribution in [2.45, 2.75) is 32.2 Å². The van der Waals surface area contributed by atoms with Gasteiger partial charge in [0.1, 0.15) is 11.6 Å². The Kier molecular flexibility index (Phi) is 4.96. The van der Waals surface area contributed by atoms with E-state index in [1.165, 1.54) is 5.56 Å². The zero-order valence-corrected chi connectivity index (χ0v) is 12.8. The maximum atomic E-state index is 13.9. The van der Waals surface area contributed by atoms with Crippen molar-refractivity contribution in [1.29, 1.82) is 0 Å². The first-order valence-electron chi connectivity index (χ1n) is 6.94. The number of benzene rings is 2. The van der Waals surface area contributed by atoms with Gasteiger partial charge in [-0.15, -0.1) is 0 Å². The van der Waals surface area contributed by atoms with Crippen LogP contribution in [0.2, 0.25) is 5.02 Å². The highest BCUT2D eigenvalue weighted by Gasteiger charge is 2.17. The van der Waals surface area contributed by atoms with Crippen molar-refractivity contribution in [3.63, 3.8) is 0 Å². The molecule has 0 aliphatic carbocycles. The summed E-state index contributed by atoms with van der Waals surface area (Å²) in [5.41, 5.74) is 8.09. The molecule has 0 heterocycles. The largest absolute Gasteiger partial charge is 0.320 e. The molecule has 0 saturated carbocycles. The molecule has 0 aliphatic rings. The Balaban J connectivity index is 2.32. The lowest BCUT2D eigenvalue weighted by Crippen LogP contribution is -2.14. The average molecular weight is 310 g/mol. The van der Waals surface area contributed by atoms with Gasteiger partial charge in [0.2, 0.25) is 0 Å². The fourth-order valence-corrected chi connectivity index (χ4v) is 2.37. The molecule has 112 valence electrons. The number of halogens is 3. The van der Waals surface area contributed by atoms with Crippen LogP contribution in [0.3, 0.4) is 0 Å². The number of nitrogens with two attached hydrogens (primary N) is 1. The molecular weight excluding hydrogens is 292 g/mol. The molecule has 2 unspecified atom stereocenters. The van der Waals surface area contributed by atoms with Gasteiger partial charge in [-0.05, 0) is 35.6 Å². The Morgan fingerprint density at radius 2 is 1.62 bits per heavy atom. The molecule has 2 N–H and O–H groups in total. The second kappa shape index (κ2) is 6.54. The van der Waals surface area contributed by atoms with E-state index in [1.54, 1.807) is 0 Å². The van der Waals surface area contributed by atoms with Crippen molar-refractivity contribution in [1.82, 2.24) is 0 Å². The Morgan fingerprint density at radius 3 is 2.19 bits per heavy atom. The Labute approximate surface area is 128 Å². The molecule has 0 radical (unpaired) electrons. The molecule has 0 fully saturated rings. The summed E-state index contributed by atoms with van der Waals surface area (Å²) in [4.78, 5) is 0. The van der Waals surface area contributed by atoms with E-state index in [2.05, 4.69) is 13.8 Å². The van der Waals surface area contributed by atoms with Gasteiger partial charge in [-0.2, -0.15) is 0 Å². The number of hydrogen-bond acceptors (Lipinski definition) is 1. The van der Waals surface area contributed by atoms with Crippen molar-refractivity contribution in [3.05, 3.63) is 69.7 Å². The standard InChI is InChI=1S/C17H18ClF2N/c1-3-10(2)11-4-6-12(7-5-11)17(21)13-8-16(20)14(18)9-15(13)19/h4-10,17H,3,21H2,1-2H3. The van der Waals surface area contributed by atoms with Gasteiger partial charge in [-0.1, -0.05) is 49.7 Å². The van der Waals surface area contributed by atoms with Crippen LogP contribution in [0.5, 0.6) is 0 Å². The van der Waals surface area contributed by atoms with Gasteiger partial charge in [0.15, 0.2) is 0 Å². The van der Waals surface area contributed by atoms with Crippen LogP contribution in [-0.4, -0.2) is 0 Å². The van der Waals surface area contributed by atoms with Crippen LogP contribution in [0.15, 0.2) is 36.4 Å². The van der Waals surface area contributed by atoms with E-state index in [-0.39, 0.29) is 10.6 Å². The topological polar surface area (TPSA) is 26.0 Å². The van der Waals surface area contributed by atoms with Gasteiger partial charge in [0, 0.05) is 5.56 Å². The highest BCUT2D eigenvalue weighted by molar-refractivity contribution is 6.30. The molecular formula is C17H18ClF2N. The van der Waals surface area contributed by atoms with E-state index in [4.69, 9.17) is 17.3 Å². The molecule has 1 nitrogen and oxygen atoms in total. The first kappa shape index (κ1) is 15.9. The summed E-state index contributed by atoms with van der Waals surface area (Å²) in [6, 6.07) is 8.98. The summed E-state index contributed by atoms with van der Waals surface area (Å²) < 4.78 is 27.4. The minimum atomic E-state index is -0.720. The van der Waals surface area contributed by atoms with E-state index >= 15 is 0 Å². The predicted octanol–water partition coefficient (Wildman–Crippen LogP) is 5.18. The van der Waals surface area contributed by atoms with Gasteiger partial charge in [-0.3, -0.25) is 0 Å². The van der Waals surface area contributed by atoms with Crippen LogP contribution < -0.4 is 5.73 Å². The summed E-state index contributed by atoms with van der Waals surface area (Å²) in [7, 11) is 0. The van der Waals surface area contributed by atoms with Crippen molar-refractivity contribution >= 4 is 11.6 Å². The summed E-state index contributed by atoms with van der Waals surface area (Å²) in [5, 5.41) is -0.240. The van der Waals surface area contributed by atoms with Gasteiger partial charge in [0.25, 0.3) is 0 Å². The van der Waals surface area contributed by atoms with E-state index < -0.39 is 17.7 Å². The smallest absolute Gasteiger partial charge is 0.142 e. The van der Waals surface area contributed by atoms with E-state index in [1.807, 2.05) is 24.3 Å². The molecule has 0 spiro atoms. The van der Waals surface area contributed by atoms with Crippen LogP contribution in [0.1, 0.15) is 48.9 Å². The van der Waals surface area contributed by atoms with Crippen LogP contribution in [0.4, 0.5) is 8.78 Å². The van der Waals surface area contributed by atoms with Crippen molar-refractivity contribution in [2.75, 3.05) is 0 Å². The molecule has 0 bridgehead atoms. The zero-order chi connectivity index (χ0) is 15.6. The quantitative estimate of drug-likeness (QED) is 0.774. The Bertz CT molecular complexity index is 625. The summed E-state index contributed by atoms with van der Waals surface area (Å²) >= 11 is 5.55. The van der Waals surface area contributed by atoms with E-state index in [0.29, 0.717) is 5.92 Å². The number of hydrogen-bond donors (Lipinski definition) is 1. The van der Waals surface area contributed by atoms with Crippen molar-refractivity contribution < 1.29 is 8.78 Å². The van der Waals surface area contributed by atoms with Crippen LogP contribution in [0, 0.1) is 11.6 Å². The average Bonchev–Trinajstić information content (AvgIpc) is 2.49. The van der Waals surface area contributed by atoms with E-state index in [0.717, 1.165) is 24.1 Å². The third-order valence-corrected chi connectivity index (χ3v) is 4.14. The molecule has 2 aromatic rings. The third-order valence-electron chi connectivity index (χ3n) is 3.85. The summed E-state index contributed by atoms with van der Waals surface area (Å²) in [5.74, 6) is -0.806. The second-order valence-electron chi connectivity index (χ2n) is 5.24. The minimum Gasteiger partial charge on any atom is -0.320 e. The van der Waals surface area contributed by atoms with Gasteiger partial charge >= 0.3 is 0 Å². The van der Waals surface area contributed by atoms with Gasteiger partial charge in [0.05, 0.1) is 11.1 Å². The number of rotatable bonds is 4. The van der Waals surface area contributed by atoms with Crippen molar-refractivity contribution in [2.24, 2.45) is 5.73 Å². The third kappa shape index (κ3) is 3.42. The SMILES string of the molecule is CCC(C)c1ccc(C(N)c2cc(F)c(Cl)cc2F)cc1. The zero-order valence-electron chi connectivity index (χ0n) is 12.0. The second-order valence-corrected chi connectivity index (χ2v) is 5.65. The molecule has 0 saturated heterocycles. The Hall–Kier alpha value is -1.45. The maximum Gasteiger partial charge on any atom is 0.142 e. The highest BCUT2D eigenvalue weighted by atomic mass is 35.5. The fourth-order valence-electron chi connectivity index (χ4n) is 2.22. The first-order valence-corrected chi connectivity index (χ1v) is 7.31. The fraction of sp³-hybridized carbons (Fsp3) is 0.294. The molecule has 2 aromatic carbocycles. The summed E-state index contributed by atoms with van der Waals surface area (Å²) in [6.07, 6.45) is 1.04. The lowest BCUT2D eigenvalue weighted by atomic mass is 9.94. The van der Waals surface area contributed by atoms with E-state index in [9.17, 15) is 8.78 Å². The molecule has 21 heavy (non-hydrogen) atoms. The molecule has 2 atom stereocenters. The lowest BCUT2D eigenvalue weighted by Gasteiger charge is -2.16. The lowest BCUT2D eigenvalue weighted by molar-refractivity contribution is 0.577. The Morgan fingerprint density at radius 1 is 1.05 bits per heavy atom. The molecule has 4 heteroatoms.